The van der Waals surface area contributed by atoms with Gasteiger partial charge in [-0.05, 0) is 55.5 Å². The number of carbonyl (C=O) groups is 15. The maximum Gasteiger partial charge on any atom is 0.251 e. The summed E-state index contributed by atoms with van der Waals surface area (Å²) in [6, 6.07) is -0.835. The zero-order valence-electron chi connectivity index (χ0n) is 64.9. The molecule has 120 heavy (non-hydrogen) atoms. The van der Waals surface area contributed by atoms with Crippen molar-refractivity contribution in [3.63, 3.8) is 0 Å². The number of hydrogen-bond donors (Lipinski definition) is 24. The lowest BCUT2D eigenvalue weighted by Crippen LogP contribution is -2.64. The third kappa shape index (κ3) is 27.2. The van der Waals surface area contributed by atoms with Crippen molar-refractivity contribution < 1.29 is 137 Å². The van der Waals surface area contributed by atoms with Crippen LogP contribution in [0.5, 0.6) is 0 Å². The van der Waals surface area contributed by atoms with E-state index < -0.39 is 300 Å². The zero-order valence-corrected chi connectivity index (χ0v) is 66.5. The van der Waals surface area contributed by atoms with Crippen molar-refractivity contribution in [2.24, 2.45) is 11.5 Å². The van der Waals surface area contributed by atoms with Crippen LogP contribution in [0.1, 0.15) is 87.4 Å². The molecule has 0 radical (unpaired) electrons. The van der Waals surface area contributed by atoms with Crippen LogP contribution in [0.15, 0.2) is 120 Å². The van der Waals surface area contributed by atoms with Crippen molar-refractivity contribution in [3.05, 3.63) is 142 Å². The van der Waals surface area contributed by atoms with Gasteiger partial charge < -0.3 is 141 Å². The number of benzene rings is 3. The summed E-state index contributed by atoms with van der Waals surface area (Å²) >= 11 is 3.28. The van der Waals surface area contributed by atoms with Crippen molar-refractivity contribution in [1.82, 2.24) is 68.4 Å². The molecule has 14 amide bonds. The van der Waals surface area contributed by atoms with Gasteiger partial charge in [-0.3, -0.25) is 67.1 Å². The number of halogens is 1. The molecule has 0 unspecified atom stereocenters. The third-order valence-electron chi connectivity index (χ3n) is 19.7. The summed E-state index contributed by atoms with van der Waals surface area (Å²) < 4.78 is 8.25. The highest BCUT2D eigenvalue weighted by Gasteiger charge is 2.49. The summed E-state index contributed by atoms with van der Waals surface area (Å²) in [5.41, 5.74) is 12.4. The largest absolute Gasteiger partial charge is 0.548 e. The summed E-state index contributed by atoms with van der Waals surface area (Å²) in [7, 11) is 0. The first-order chi connectivity index (χ1) is 56.8. The fourth-order valence-electron chi connectivity index (χ4n) is 12.9. The number of rotatable bonds is 18. The van der Waals surface area contributed by atoms with Crippen molar-refractivity contribution >= 4 is 111 Å². The van der Waals surface area contributed by atoms with Crippen LogP contribution in [-0.2, 0) is 96.0 Å². The number of aromatic nitrogens is 2. The van der Waals surface area contributed by atoms with Gasteiger partial charge in [0.15, 0.2) is 6.10 Å². The van der Waals surface area contributed by atoms with Crippen molar-refractivity contribution in [2.45, 2.75) is 200 Å². The lowest BCUT2D eigenvalue weighted by molar-refractivity contribution is -0.697. The van der Waals surface area contributed by atoms with Gasteiger partial charge >= 0.3 is 0 Å². The Hall–Kier alpha value is -11.6. The van der Waals surface area contributed by atoms with Crippen LogP contribution in [0.25, 0.3) is 6.08 Å². The Morgan fingerprint density at radius 3 is 1.80 bits per heavy atom. The lowest BCUT2D eigenvalue weighted by Gasteiger charge is -2.38. The molecule has 4 bridgehead atoms. The number of aliphatic hydroxyl groups is 10. The molecule has 21 atom stereocenters. The molecule has 4 heterocycles. The maximum atomic E-state index is 15.4. The summed E-state index contributed by atoms with van der Waals surface area (Å²) in [5, 5.41) is 152. The number of carboxylic acid groups (broad SMARTS) is 1. The molecule has 1 fully saturated rings. The molecule has 3 aliphatic heterocycles. The summed E-state index contributed by atoms with van der Waals surface area (Å²) in [5.74, 6) is -23.2. The molecule has 652 valence electrons. The van der Waals surface area contributed by atoms with E-state index in [4.69, 9.17) is 16.2 Å². The van der Waals surface area contributed by atoms with Crippen LogP contribution in [0.3, 0.4) is 0 Å². The topological polar surface area (TPSA) is 696 Å². The van der Waals surface area contributed by atoms with Gasteiger partial charge in [0, 0.05) is 36.1 Å². The summed E-state index contributed by atoms with van der Waals surface area (Å²) in [6.07, 6.45) is -18.7. The predicted molar refractivity (Wildman–Crippen MR) is 414 cm³/mol. The number of aliphatic hydroxyl groups excluding tert-OH is 10. The SMILES string of the molecule is CC(/C=C/c1ccccc1)=C\[C@H](O)[C@@H]1CC(=O)N[C@@H](CO)C(=O)N[C@@H]2C[n+]3cc(n([C@@H]4O[C@H](CO)[C@H](O)[C@H](O)[C@H]4O)c3)C[C@H](NC(=O)CCC[C@@H](C(=O)[O-])NC(=O)[C@H](O)CNC(=O)[C@H]([C@@H](C)c3ccc(Br)cc3)NC(=O)[C@H]([C@@H](O)C(N)=O)NC(=O)[C@H](CC(N)=O)NC2=O)C(=O)N[C@@H]([C@H](C)O)C(=O)N[C@@H](CO)C(=O)N[C@@H](Cc2ccccc2)C(=O)N1. The number of nitrogens with zero attached hydrogens (tertiary/aromatic N) is 2. The van der Waals surface area contributed by atoms with Crippen LogP contribution in [-0.4, -0.2) is 286 Å². The van der Waals surface area contributed by atoms with Gasteiger partial charge in [-0.2, -0.15) is 0 Å². The van der Waals surface area contributed by atoms with E-state index in [-0.39, 0.29) is 5.56 Å². The minimum Gasteiger partial charge on any atom is -0.548 e. The number of β-amino-alcohol motifs (C(OH)–C–C–N with tert-alkyl or cyclic N) is 1. The van der Waals surface area contributed by atoms with Crippen LogP contribution in [0.4, 0.5) is 0 Å². The number of ether oxygens (including phenoxy) is 1. The second-order valence-electron chi connectivity index (χ2n) is 28.9. The molecule has 3 aliphatic rings. The van der Waals surface area contributed by atoms with Crippen molar-refractivity contribution in [3.8, 4) is 0 Å². The molecular weight excluding hydrogens is 1650 g/mol. The highest BCUT2D eigenvalue weighted by Crippen LogP contribution is 2.30. The van der Waals surface area contributed by atoms with Gasteiger partial charge in [0.2, 0.25) is 89.3 Å². The van der Waals surface area contributed by atoms with Gasteiger partial charge in [0.25, 0.3) is 5.91 Å². The van der Waals surface area contributed by atoms with E-state index in [1.807, 2.05) is 10.6 Å². The maximum absolute atomic E-state index is 15.4. The Bertz CT molecular complexity index is 4390. The molecular formula is C76H99BrN16O27. The number of nitrogens with one attached hydrogen (secondary N) is 12. The van der Waals surface area contributed by atoms with Gasteiger partial charge in [-0.1, -0.05) is 119 Å². The first-order valence-corrected chi connectivity index (χ1v) is 38.5. The Morgan fingerprint density at radius 1 is 0.608 bits per heavy atom. The Labute approximate surface area is 693 Å². The predicted octanol–water partition coefficient (Wildman–Crippen LogP) is -11.6. The van der Waals surface area contributed by atoms with Gasteiger partial charge in [-0.25, -0.2) is 9.13 Å². The normalized spacial score (nSPS) is 28.3. The van der Waals surface area contributed by atoms with E-state index in [0.717, 1.165) is 28.6 Å². The second kappa shape index (κ2) is 45.0. The average molecular weight is 1750 g/mol. The fourth-order valence-corrected chi connectivity index (χ4v) is 13.2. The van der Waals surface area contributed by atoms with Crippen LogP contribution >= 0.6 is 15.9 Å². The third-order valence-corrected chi connectivity index (χ3v) is 20.2. The second-order valence-corrected chi connectivity index (χ2v) is 29.8. The molecule has 0 saturated carbocycles. The van der Waals surface area contributed by atoms with E-state index in [9.17, 15) is 119 Å². The molecule has 26 N–H and O–H groups in total. The number of fused-ring (bicyclic) bond motifs is 2. The number of carbonyl (C=O) groups excluding carboxylic acids is 15. The molecule has 1 saturated heterocycles. The van der Waals surface area contributed by atoms with E-state index in [1.54, 1.807) is 67.6 Å². The lowest BCUT2D eigenvalue weighted by atomic mass is 9.92. The number of nitrogens with two attached hydrogens (primary N) is 2. The summed E-state index contributed by atoms with van der Waals surface area (Å²) in [6.45, 7) is -1.95. The summed E-state index contributed by atoms with van der Waals surface area (Å²) in [4.78, 5) is 214. The molecule has 43 nitrogen and oxygen atoms in total. The van der Waals surface area contributed by atoms with Gasteiger partial charge in [-0.15, -0.1) is 0 Å². The quantitative estimate of drug-likeness (QED) is 0.0325. The molecule has 0 aliphatic carbocycles. The number of hydrogen-bond acceptors (Lipinski definition) is 27. The van der Waals surface area contributed by atoms with Gasteiger partial charge in [0.1, 0.15) is 103 Å². The molecule has 44 heteroatoms. The number of imidazole rings is 1. The zero-order chi connectivity index (χ0) is 88.5. The van der Waals surface area contributed by atoms with E-state index >= 15 is 9.59 Å². The Balaban J connectivity index is 1.45. The molecule has 0 spiro atoms. The Kier molecular flexibility index (Phi) is 35.9. The number of carboxylic acids is 1. The van der Waals surface area contributed by atoms with Crippen LogP contribution in [0, 0.1) is 0 Å². The van der Waals surface area contributed by atoms with Crippen LogP contribution < -0.4 is 84.9 Å². The number of allylic oxidation sites excluding steroid dienone is 2. The fraction of sp³-hybridized carbons (Fsp3) is 0.474. The smallest absolute Gasteiger partial charge is 0.251 e. The standard InChI is InChI=1S/C76H99BrN16O27/c1-35(17-18-38-11-6-4-7-12-38)23-51(98)44-27-56(102)82-49(31-94)69(112)87-48-30-92-29-42(93(34-92)75-63(106)62(105)60(103)53(33-96)120-75)25-46(66(109)90-58(37(3)97)73(116)88-50(32-95)70(113)85-45(65(108)84-44)24-39-13-8-5-9-14-39)81-55(101)16-10-15-43(76(118)119)83-71(114)52(99)28-80-72(115)57(36(2)40-19-21-41(77)22-20-40)89-74(117)59(61(104)64(79)107)91-67(110)47(26-54(78)100)86-68(48)111/h4-9,11-14,17-23,29,34,36-37,43-53,57-63,75,94-99,103-106H,10,15-16,24-28,30-33H2,1-3H3,(H16-,78,79,80,81,82,83,84,85,86,87,88,89,90,91,100,101,102,107,108,109,110,111,112,113,114,115,116,117,118,119)/b18-17+,35-23+/t36-,37-,43-,44-,45-,46-,47-,48+,49-,50-,51-,52+,53+,57-,58-,59-,60-,61+,62-,63+,75+/m0/s1. The average Bonchev–Trinajstić information content (AvgIpc) is 1.59. The molecule has 4 aromatic rings. The number of aliphatic carboxylic acids is 1. The minimum atomic E-state index is -2.77. The molecule has 1 aromatic heterocycles. The number of primary amides is 2. The Morgan fingerprint density at radius 2 is 1.18 bits per heavy atom. The van der Waals surface area contributed by atoms with E-state index in [2.05, 4.69) is 69.1 Å². The highest BCUT2D eigenvalue weighted by molar-refractivity contribution is 9.10. The van der Waals surface area contributed by atoms with E-state index in [0.29, 0.717) is 21.2 Å². The van der Waals surface area contributed by atoms with Crippen molar-refractivity contribution in [1.29, 1.82) is 0 Å². The van der Waals surface area contributed by atoms with Gasteiger partial charge in [0.05, 0.1) is 63.0 Å². The molecule has 7 rings (SSSR count). The first-order valence-electron chi connectivity index (χ1n) is 37.7. The highest BCUT2D eigenvalue weighted by atomic mass is 79.9. The monoisotopic (exact) mass is 1750 g/mol. The number of amides is 14. The molecule has 3 aromatic carbocycles. The van der Waals surface area contributed by atoms with E-state index in [1.165, 1.54) is 49.4 Å². The first kappa shape index (κ1) is 95.6. The van der Waals surface area contributed by atoms with Crippen LogP contribution in [0.2, 0.25) is 0 Å². The van der Waals surface area contributed by atoms with Crippen molar-refractivity contribution in [2.75, 3.05) is 26.4 Å². The minimum absolute atomic E-state index is 0.279.